The van der Waals surface area contributed by atoms with Crippen LogP contribution in [0.15, 0.2) is 0 Å². The van der Waals surface area contributed by atoms with Gasteiger partial charge in [0.05, 0.1) is 0 Å². The fraction of sp³-hybridized carbons (Fsp3) is 1.00. The highest BCUT2D eigenvalue weighted by Gasteiger charge is 2.20. The molecule has 0 aromatic heterocycles. The van der Waals surface area contributed by atoms with Gasteiger partial charge in [0, 0.05) is 30.1 Å². The molecule has 0 bridgehead atoms. The lowest BCUT2D eigenvalue weighted by molar-refractivity contribution is 0.130. The SMILES string of the molecule is CN1CCN(C)[C@@H](CI)C1. The van der Waals surface area contributed by atoms with Crippen LogP contribution in [0.4, 0.5) is 0 Å². The quantitative estimate of drug-likeness (QED) is 0.501. The molecule has 60 valence electrons. The molecule has 0 saturated carbocycles. The normalized spacial score (nSPS) is 30.9. The minimum atomic E-state index is 0.777. The van der Waals surface area contributed by atoms with Gasteiger partial charge in [-0.05, 0) is 14.1 Å². The second-order valence-electron chi connectivity index (χ2n) is 3.05. The van der Waals surface area contributed by atoms with Crippen LogP contribution in [-0.4, -0.2) is 54.0 Å². The molecule has 1 atom stereocenters. The van der Waals surface area contributed by atoms with Crippen molar-refractivity contribution in [3.63, 3.8) is 0 Å². The second kappa shape index (κ2) is 3.88. The molecule has 0 aromatic rings. The number of hydrogen-bond donors (Lipinski definition) is 0. The lowest BCUT2D eigenvalue weighted by atomic mass is 10.2. The predicted octanol–water partition coefficient (Wildman–Crippen LogP) is 0.667. The standard InChI is InChI=1S/C7H15IN2/c1-9-3-4-10(2)7(5-8)6-9/h7H,3-6H2,1-2H3/t7-/m0/s1. The van der Waals surface area contributed by atoms with E-state index in [0.29, 0.717) is 0 Å². The van der Waals surface area contributed by atoms with Crippen molar-refractivity contribution in [3.05, 3.63) is 0 Å². The maximum atomic E-state index is 2.46. The molecule has 0 radical (unpaired) electrons. The number of nitrogens with zero attached hydrogens (tertiary/aromatic N) is 2. The monoisotopic (exact) mass is 254 g/mol. The molecule has 1 aliphatic heterocycles. The Hall–Kier alpha value is 0.650. The summed E-state index contributed by atoms with van der Waals surface area (Å²) in [6.45, 7) is 3.69. The zero-order chi connectivity index (χ0) is 7.56. The van der Waals surface area contributed by atoms with E-state index in [-0.39, 0.29) is 0 Å². The van der Waals surface area contributed by atoms with Gasteiger partial charge >= 0.3 is 0 Å². The average molecular weight is 254 g/mol. The largest absolute Gasteiger partial charge is 0.304 e. The Kier molecular flexibility index (Phi) is 3.39. The molecule has 0 aliphatic carbocycles. The van der Waals surface area contributed by atoms with Gasteiger partial charge in [0.25, 0.3) is 0 Å². The lowest BCUT2D eigenvalue weighted by Gasteiger charge is -2.36. The van der Waals surface area contributed by atoms with Crippen molar-refractivity contribution in [3.8, 4) is 0 Å². The van der Waals surface area contributed by atoms with Gasteiger partial charge in [0.15, 0.2) is 0 Å². The lowest BCUT2D eigenvalue weighted by Crippen LogP contribution is -2.50. The summed E-state index contributed by atoms with van der Waals surface area (Å²) in [6.07, 6.45) is 0. The molecule has 0 unspecified atom stereocenters. The summed E-state index contributed by atoms with van der Waals surface area (Å²) in [5.74, 6) is 0. The van der Waals surface area contributed by atoms with Crippen LogP contribution in [0.3, 0.4) is 0 Å². The van der Waals surface area contributed by atoms with Gasteiger partial charge in [-0.1, -0.05) is 22.6 Å². The van der Waals surface area contributed by atoms with Crippen LogP contribution in [0.1, 0.15) is 0 Å². The Morgan fingerprint density at radius 2 is 2.10 bits per heavy atom. The maximum absolute atomic E-state index is 2.46. The van der Waals surface area contributed by atoms with Gasteiger partial charge in [-0.3, -0.25) is 0 Å². The van der Waals surface area contributed by atoms with Crippen LogP contribution in [0.2, 0.25) is 0 Å². The van der Waals surface area contributed by atoms with Crippen LogP contribution in [-0.2, 0) is 0 Å². The molecule has 0 amide bonds. The Balaban J connectivity index is 2.38. The van der Waals surface area contributed by atoms with Crippen molar-refractivity contribution in [2.75, 3.05) is 38.2 Å². The first kappa shape index (κ1) is 8.74. The Morgan fingerprint density at radius 1 is 1.40 bits per heavy atom. The summed E-state index contributed by atoms with van der Waals surface area (Å²) in [7, 11) is 4.42. The van der Waals surface area contributed by atoms with Crippen LogP contribution >= 0.6 is 22.6 Å². The molecule has 0 N–H and O–H groups in total. The van der Waals surface area contributed by atoms with E-state index >= 15 is 0 Å². The maximum Gasteiger partial charge on any atom is 0.0310 e. The third-order valence-electron chi connectivity index (χ3n) is 2.16. The Bertz CT molecular complexity index is 108. The zero-order valence-electron chi connectivity index (χ0n) is 6.68. The number of piperazine rings is 1. The van der Waals surface area contributed by atoms with E-state index in [1.54, 1.807) is 0 Å². The number of halogens is 1. The summed E-state index contributed by atoms with van der Waals surface area (Å²) < 4.78 is 1.25. The first-order valence-electron chi connectivity index (χ1n) is 3.69. The van der Waals surface area contributed by atoms with E-state index in [9.17, 15) is 0 Å². The van der Waals surface area contributed by atoms with E-state index in [1.165, 1.54) is 24.1 Å². The minimum absolute atomic E-state index is 0.777. The third kappa shape index (κ3) is 2.07. The van der Waals surface area contributed by atoms with Gasteiger partial charge in [-0.15, -0.1) is 0 Å². The molecule has 10 heavy (non-hydrogen) atoms. The fourth-order valence-corrected chi connectivity index (χ4v) is 2.22. The van der Waals surface area contributed by atoms with Gasteiger partial charge in [-0.2, -0.15) is 0 Å². The van der Waals surface area contributed by atoms with Gasteiger partial charge in [0.1, 0.15) is 0 Å². The third-order valence-corrected chi connectivity index (χ3v) is 3.18. The van der Waals surface area contributed by atoms with Crippen LogP contribution < -0.4 is 0 Å². The minimum Gasteiger partial charge on any atom is -0.304 e. The molecule has 1 saturated heterocycles. The van der Waals surface area contributed by atoms with Crippen molar-refractivity contribution >= 4 is 22.6 Å². The van der Waals surface area contributed by atoms with E-state index in [0.717, 1.165) is 6.04 Å². The molecule has 1 fully saturated rings. The number of hydrogen-bond acceptors (Lipinski definition) is 2. The summed E-state index contributed by atoms with van der Waals surface area (Å²) in [4.78, 5) is 4.86. The van der Waals surface area contributed by atoms with Gasteiger partial charge < -0.3 is 9.80 Å². The fourth-order valence-electron chi connectivity index (χ4n) is 1.27. The summed E-state index contributed by atoms with van der Waals surface area (Å²) >= 11 is 2.46. The summed E-state index contributed by atoms with van der Waals surface area (Å²) in [6, 6.07) is 0.777. The second-order valence-corrected chi connectivity index (χ2v) is 3.93. The van der Waals surface area contributed by atoms with Crippen molar-refractivity contribution in [1.29, 1.82) is 0 Å². The first-order valence-corrected chi connectivity index (χ1v) is 5.21. The smallest absolute Gasteiger partial charge is 0.0310 e. The topological polar surface area (TPSA) is 6.48 Å². The highest BCUT2D eigenvalue weighted by Crippen LogP contribution is 2.07. The van der Waals surface area contributed by atoms with E-state index < -0.39 is 0 Å². The number of alkyl halides is 1. The average Bonchev–Trinajstić information content (AvgIpc) is 1.94. The van der Waals surface area contributed by atoms with E-state index in [1.807, 2.05) is 0 Å². The van der Waals surface area contributed by atoms with E-state index in [2.05, 4.69) is 46.5 Å². The van der Waals surface area contributed by atoms with Crippen LogP contribution in [0.25, 0.3) is 0 Å². The zero-order valence-corrected chi connectivity index (χ0v) is 8.84. The van der Waals surface area contributed by atoms with Crippen LogP contribution in [0, 0.1) is 0 Å². The number of likely N-dealkylation sites (N-methyl/N-ethyl adjacent to an activating group) is 2. The molecule has 2 nitrogen and oxygen atoms in total. The van der Waals surface area contributed by atoms with Crippen molar-refractivity contribution in [2.24, 2.45) is 0 Å². The van der Waals surface area contributed by atoms with Crippen LogP contribution in [0.5, 0.6) is 0 Å². The highest BCUT2D eigenvalue weighted by molar-refractivity contribution is 14.1. The summed E-state index contributed by atoms with van der Waals surface area (Å²) in [5.41, 5.74) is 0. The van der Waals surface area contributed by atoms with Gasteiger partial charge in [-0.25, -0.2) is 0 Å². The first-order chi connectivity index (χ1) is 4.74. The van der Waals surface area contributed by atoms with Crippen molar-refractivity contribution < 1.29 is 0 Å². The molecule has 3 heteroatoms. The Morgan fingerprint density at radius 3 is 2.60 bits per heavy atom. The molecule has 0 spiro atoms. The Labute approximate surface area is 76.7 Å². The van der Waals surface area contributed by atoms with Gasteiger partial charge in [0.2, 0.25) is 0 Å². The summed E-state index contributed by atoms with van der Waals surface area (Å²) in [5, 5.41) is 0. The van der Waals surface area contributed by atoms with Crippen molar-refractivity contribution in [2.45, 2.75) is 6.04 Å². The molecular formula is C7H15IN2. The van der Waals surface area contributed by atoms with Crippen molar-refractivity contribution in [1.82, 2.24) is 9.80 Å². The number of rotatable bonds is 1. The van der Waals surface area contributed by atoms with E-state index in [4.69, 9.17) is 0 Å². The molecule has 0 aromatic carbocycles. The molecule has 1 rings (SSSR count). The highest BCUT2D eigenvalue weighted by atomic mass is 127. The molecule has 1 heterocycles. The predicted molar refractivity (Wildman–Crippen MR) is 52.8 cm³/mol. The molecule has 1 aliphatic rings. The molecular weight excluding hydrogens is 239 g/mol.